The van der Waals surface area contributed by atoms with E-state index in [1.807, 2.05) is 12.1 Å². The van der Waals surface area contributed by atoms with Gasteiger partial charge in [-0.3, -0.25) is 4.79 Å². The van der Waals surface area contributed by atoms with Gasteiger partial charge in [0.05, 0.1) is 7.11 Å². The van der Waals surface area contributed by atoms with E-state index in [4.69, 9.17) is 20.3 Å². The molecule has 5 nitrogen and oxygen atoms in total. The van der Waals surface area contributed by atoms with Crippen molar-refractivity contribution in [2.24, 2.45) is 5.73 Å². The van der Waals surface area contributed by atoms with Crippen LogP contribution in [0.5, 0.6) is 11.5 Å². The van der Waals surface area contributed by atoms with Crippen LogP contribution in [0.2, 0.25) is 0 Å². The minimum absolute atomic E-state index is 0.209. The van der Waals surface area contributed by atoms with E-state index in [1.54, 1.807) is 33.1 Å². The summed E-state index contributed by atoms with van der Waals surface area (Å²) in [6.07, 6.45) is 0.209. The number of nitrogens with two attached hydrogens (primary N) is 1. The summed E-state index contributed by atoms with van der Waals surface area (Å²) in [6, 6.07) is 6.26. The summed E-state index contributed by atoms with van der Waals surface area (Å²) >= 11 is 0. The molecule has 100 valence electrons. The van der Waals surface area contributed by atoms with E-state index in [1.165, 1.54) is 0 Å². The van der Waals surface area contributed by atoms with Crippen LogP contribution in [-0.2, 0) is 4.79 Å². The molecule has 0 aliphatic heterocycles. The van der Waals surface area contributed by atoms with Gasteiger partial charge < -0.3 is 20.3 Å². The van der Waals surface area contributed by atoms with E-state index < -0.39 is 17.6 Å². The number of rotatable bonds is 6. The van der Waals surface area contributed by atoms with Gasteiger partial charge in [0.25, 0.3) is 0 Å². The smallest absolute Gasteiger partial charge is 0.320 e. The van der Waals surface area contributed by atoms with Crippen LogP contribution in [0.25, 0.3) is 0 Å². The molecule has 0 spiro atoms. The van der Waals surface area contributed by atoms with Gasteiger partial charge >= 0.3 is 5.97 Å². The highest BCUT2D eigenvalue weighted by Gasteiger charge is 2.27. The number of carbonyl (C=O) groups is 1. The molecule has 18 heavy (non-hydrogen) atoms. The van der Waals surface area contributed by atoms with Crippen LogP contribution in [0.15, 0.2) is 24.3 Å². The first-order valence-corrected chi connectivity index (χ1v) is 5.66. The van der Waals surface area contributed by atoms with Gasteiger partial charge in [0.15, 0.2) is 11.5 Å². The zero-order valence-corrected chi connectivity index (χ0v) is 10.8. The third kappa shape index (κ3) is 3.92. The van der Waals surface area contributed by atoms with Crippen LogP contribution in [-0.4, -0.2) is 29.8 Å². The molecule has 3 N–H and O–H groups in total. The Morgan fingerprint density at radius 3 is 2.44 bits per heavy atom. The van der Waals surface area contributed by atoms with Crippen molar-refractivity contribution in [3.05, 3.63) is 24.3 Å². The SMILES string of the molecule is COc1ccccc1OC(C)(C)CC(N)C(=O)O. The molecule has 0 fully saturated rings. The van der Waals surface area contributed by atoms with E-state index in [0.717, 1.165) is 0 Å². The van der Waals surface area contributed by atoms with Gasteiger partial charge in [0, 0.05) is 6.42 Å². The summed E-state index contributed by atoms with van der Waals surface area (Å²) in [6.45, 7) is 3.59. The molecule has 0 amide bonds. The van der Waals surface area contributed by atoms with Crippen LogP contribution in [0.4, 0.5) is 0 Å². The molecular formula is C13H19NO4. The van der Waals surface area contributed by atoms with Gasteiger partial charge in [0.1, 0.15) is 11.6 Å². The Bertz CT molecular complexity index is 417. The quantitative estimate of drug-likeness (QED) is 0.805. The molecule has 0 aromatic heterocycles. The molecule has 0 bridgehead atoms. The van der Waals surface area contributed by atoms with E-state index in [2.05, 4.69) is 0 Å². The van der Waals surface area contributed by atoms with E-state index in [9.17, 15) is 4.79 Å². The van der Waals surface area contributed by atoms with Gasteiger partial charge in [-0.1, -0.05) is 12.1 Å². The number of carboxylic acid groups (broad SMARTS) is 1. The maximum absolute atomic E-state index is 10.7. The number of benzene rings is 1. The maximum Gasteiger partial charge on any atom is 0.320 e. The van der Waals surface area contributed by atoms with Crippen LogP contribution in [0, 0.1) is 0 Å². The summed E-state index contributed by atoms with van der Waals surface area (Å²) < 4.78 is 10.9. The summed E-state index contributed by atoms with van der Waals surface area (Å²) in [5.41, 5.74) is 4.83. The Morgan fingerprint density at radius 1 is 1.39 bits per heavy atom. The maximum atomic E-state index is 10.7. The molecule has 0 saturated carbocycles. The van der Waals surface area contributed by atoms with Crippen molar-refractivity contribution >= 4 is 5.97 Å². The Morgan fingerprint density at radius 2 is 1.94 bits per heavy atom. The van der Waals surface area contributed by atoms with Gasteiger partial charge in [-0.05, 0) is 26.0 Å². The summed E-state index contributed by atoms with van der Waals surface area (Å²) in [4.78, 5) is 10.7. The van der Waals surface area contributed by atoms with Crippen LogP contribution in [0.3, 0.4) is 0 Å². The summed E-state index contributed by atoms with van der Waals surface area (Å²) in [7, 11) is 1.55. The van der Waals surface area contributed by atoms with Gasteiger partial charge in [0.2, 0.25) is 0 Å². The fourth-order valence-electron chi connectivity index (χ4n) is 1.66. The van der Waals surface area contributed by atoms with Crippen molar-refractivity contribution < 1.29 is 19.4 Å². The lowest BCUT2D eigenvalue weighted by Gasteiger charge is -2.28. The molecule has 1 rings (SSSR count). The monoisotopic (exact) mass is 253 g/mol. The lowest BCUT2D eigenvalue weighted by molar-refractivity contribution is -0.139. The molecule has 0 heterocycles. The van der Waals surface area contributed by atoms with Crippen molar-refractivity contribution in [2.45, 2.75) is 31.9 Å². The summed E-state index contributed by atoms with van der Waals surface area (Å²) in [5.74, 6) is 0.142. The predicted molar refractivity (Wildman–Crippen MR) is 67.9 cm³/mol. The predicted octanol–water partition coefficient (Wildman–Crippen LogP) is 1.65. The zero-order valence-electron chi connectivity index (χ0n) is 10.8. The molecule has 0 aliphatic carbocycles. The lowest BCUT2D eigenvalue weighted by Crippen LogP contribution is -2.41. The highest BCUT2D eigenvalue weighted by molar-refractivity contribution is 5.73. The first kappa shape index (κ1) is 14.3. The first-order chi connectivity index (χ1) is 8.35. The number of hydrogen-bond acceptors (Lipinski definition) is 4. The van der Waals surface area contributed by atoms with Gasteiger partial charge in [-0.2, -0.15) is 0 Å². The topological polar surface area (TPSA) is 81.8 Å². The fraction of sp³-hybridized carbons (Fsp3) is 0.462. The van der Waals surface area contributed by atoms with E-state index in [-0.39, 0.29) is 6.42 Å². The second-order valence-corrected chi connectivity index (χ2v) is 4.66. The molecule has 1 aromatic rings. The largest absolute Gasteiger partial charge is 0.493 e. The molecule has 5 heteroatoms. The summed E-state index contributed by atoms with van der Waals surface area (Å²) in [5, 5.41) is 8.81. The minimum Gasteiger partial charge on any atom is -0.493 e. The third-order valence-electron chi connectivity index (χ3n) is 2.48. The number of ether oxygens (including phenoxy) is 2. The number of para-hydroxylation sites is 2. The second kappa shape index (κ2) is 5.73. The number of carboxylic acids is 1. The van der Waals surface area contributed by atoms with Crippen LogP contribution >= 0.6 is 0 Å². The number of hydrogen-bond donors (Lipinski definition) is 2. The Kier molecular flexibility index (Phi) is 4.55. The minimum atomic E-state index is -1.04. The van der Waals surface area contributed by atoms with Gasteiger partial charge in [-0.15, -0.1) is 0 Å². The average molecular weight is 253 g/mol. The first-order valence-electron chi connectivity index (χ1n) is 5.66. The zero-order chi connectivity index (χ0) is 13.8. The van der Waals surface area contributed by atoms with E-state index in [0.29, 0.717) is 11.5 Å². The Hall–Kier alpha value is -1.75. The fourth-order valence-corrected chi connectivity index (χ4v) is 1.66. The van der Waals surface area contributed by atoms with Crippen molar-refractivity contribution in [1.82, 2.24) is 0 Å². The normalized spacial score (nSPS) is 12.9. The number of methoxy groups -OCH3 is 1. The number of aliphatic carboxylic acids is 1. The molecular weight excluding hydrogens is 234 g/mol. The molecule has 0 saturated heterocycles. The molecule has 1 unspecified atom stereocenters. The molecule has 1 aromatic carbocycles. The highest BCUT2D eigenvalue weighted by atomic mass is 16.5. The van der Waals surface area contributed by atoms with Crippen molar-refractivity contribution in [3.63, 3.8) is 0 Å². The Balaban J connectivity index is 2.78. The van der Waals surface area contributed by atoms with Crippen LogP contribution in [0.1, 0.15) is 20.3 Å². The standard InChI is InChI=1S/C13H19NO4/c1-13(2,8-9(14)12(15)16)18-11-7-5-4-6-10(11)17-3/h4-7,9H,8,14H2,1-3H3,(H,15,16). The average Bonchev–Trinajstić information content (AvgIpc) is 2.28. The Labute approximate surface area is 107 Å². The lowest BCUT2D eigenvalue weighted by atomic mass is 9.99. The molecule has 1 atom stereocenters. The van der Waals surface area contributed by atoms with Crippen molar-refractivity contribution in [3.8, 4) is 11.5 Å². The highest BCUT2D eigenvalue weighted by Crippen LogP contribution is 2.30. The molecule has 0 radical (unpaired) electrons. The second-order valence-electron chi connectivity index (χ2n) is 4.66. The third-order valence-corrected chi connectivity index (χ3v) is 2.48. The molecule has 0 aliphatic rings. The van der Waals surface area contributed by atoms with Crippen molar-refractivity contribution in [2.75, 3.05) is 7.11 Å². The van der Waals surface area contributed by atoms with Crippen LogP contribution < -0.4 is 15.2 Å². The van der Waals surface area contributed by atoms with Gasteiger partial charge in [-0.25, -0.2) is 0 Å². The van der Waals surface area contributed by atoms with Crippen molar-refractivity contribution in [1.29, 1.82) is 0 Å². The van der Waals surface area contributed by atoms with E-state index >= 15 is 0 Å².